The zero-order valence-electron chi connectivity index (χ0n) is 8.01. The van der Waals surface area contributed by atoms with E-state index in [-0.39, 0.29) is 10.9 Å². The van der Waals surface area contributed by atoms with E-state index in [4.69, 9.17) is 16.3 Å². The molecule has 0 aliphatic heterocycles. The van der Waals surface area contributed by atoms with E-state index >= 15 is 0 Å². The first-order valence-electron chi connectivity index (χ1n) is 4.30. The minimum absolute atomic E-state index is 0.0390. The van der Waals surface area contributed by atoms with Gasteiger partial charge in [0.15, 0.2) is 6.61 Å². The first-order valence-corrected chi connectivity index (χ1v) is 4.68. The summed E-state index contributed by atoms with van der Waals surface area (Å²) >= 11 is 5.66. The van der Waals surface area contributed by atoms with Gasteiger partial charge in [0.1, 0.15) is 5.02 Å². The zero-order chi connectivity index (χ0) is 11.3. The van der Waals surface area contributed by atoms with Gasteiger partial charge in [-0.25, -0.2) is 13.8 Å². The average molecular weight is 238 g/mol. The van der Waals surface area contributed by atoms with Crippen LogP contribution in [0.2, 0.25) is 5.02 Å². The van der Waals surface area contributed by atoms with Crippen LogP contribution in [-0.4, -0.2) is 29.5 Å². The number of anilines is 1. The molecular weight excluding hydrogens is 228 g/mol. The second-order valence-electron chi connectivity index (χ2n) is 2.58. The van der Waals surface area contributed by atoms with Crippen molar-refractivity contribution in [3.63, 3.8) is 0 Å². The molecule has 7 heteroatoms. The molecular formula is C8H10ClF2N3O. The van der Waals surface area contributed by atoms with Gasteiger partial charge < -0.3 is 10.1 Å². The minimum Gasteiger partial charge on any atom is -0.470 e. The van der Waals surface area contributed by atoms with Gasteiger partial charge in [0.05, 0.1) is 6.20 Å². The van der Waals surface area contributed by atoms with Crippen molar-refractivity contribution in [2.75, 3.05) is 18.5 Å². The molecule has 0 radical (unpaired) electrons. The van der Waals surface area contributed by atoms with Gasteiger partial charge in [0.2, 0.25) is 11.8 Å². The van der Waals surface area contributed by atoms with Crippen LogP contribution in [0.4, 0.5) is 14.7 Å². The molecule has 0 aliphatic rings. The van der Waals surface area contributed by atoms with Crippen LogP contribution in [0.3, 0.4) is 0 Å². The summed E-state index contributed by atoms with van der Waals surface area (Å²) in [6.07, 6.45) is -1.26. The van der Waals surface area contributed by atoms with Crippen molar-refractivity contribution in [3.8, 4) is 5.88 Å². The Kier molecular flexibility index (Phi) is 4.48. The number of alkyl halides is 2. The first kappa shape index (κ1) is 11.9. The van der Waals surface area contributed by atoms with Crippen LogP contribution in [0.5, 0.6) is 5.88 Å². The van der Waals surface area contributed by atoms with Crippen LogP contribution in [-0.2, 0) is 0 Å². The van der Waals surface area contributed by atoms with E-state index in [1.54, 1.807) is 0 Å². The molecule has 0 bridgehead atoms. The minimum atomic E-state index is -2.56. The van der Waals surface area contributed by atoms with E-state index in [1.807, 2.05) is 6.92 Å². The van der Waals surface area contributed by atoms with Gasteiger partial charge in [-0.1, -0.05) is 11.6 Å². The average Bonchev–Trinajstić information content (AvgIpc) is 2.19. The van der Waals surface area contributed by atoms with Crippen molar-refractivity contribution in [1.29, 1.82) is 0 Å². The van der Waals surface area contributed by atoms with E-state index < -0.39 is 13.0 Å². The number of ether oxygens (including phenoxy) is 1. The Bertz CT molecular complexity index is 325. The van der Waals surface area contributed by atoms with Crippen molar-refractivity contribution >= 4 is 17.5 Å². The van der Waals surface area contributed by atoms with Crippen LogP contribution in [0.25, 0.3) is 0 Å². The predicted molar refractivity (Wildman–Crippen MR) is 52.7 cm³/mol. The molecule has 0 saturated carbocycles. The van der Waals surface area contributed by atoms with Gasteiger partial charge in [0.25, 0.3) is 6.43 Å². The van der Waals surface area contributed by atoms with Gasteiger partial charge in [0, 0.05) is 6.54 Å². The van der Waals surface area contributed by atoms with E-state index in [9.17, 15) is 8.78 Å². The molecule has 84 valence electrons. The Morgan fingerprint density at radius 3 is 2.93 bits per heavy atom. The second kappa shape index (κ2) is 5.65. The third kappa shape index (κ3) is 3.83. The van der Waals surface area contributed by atoms with Gasteiger partial charge in [-0.15, -0.1) is 0 Å². The molecule has 4 nitrogen and oxygen atoms in total. The quantitative estimate of drug-likeness (QED) is 0.853. The summed E-state index contributed by atoms with van der Waals surface area (Å²) in [6.45, 7) is 1.75. The molecule has 1 rings (SSSR count). The van der Waals surface area contributed by atoms with Crippen molar-refractivity contribution < 1.29 is 13.5 Å². The molecule has 0 saturated heterocycles. The van der Waals surface area contributed by atoms with Crippen molar-refractivity contribution in [2.24, 2.45) is 0 Å². The Balaban J connectivity index is 2.71. The number of hydrogen-bond acceptors (Lipinski definition) is 4. The van der Waals surface area contributed by atoms with E-state index in [0.717, 1.165) is 0 Å². The highest BCUT2D eigenvalue weighted by Crippen LogP contribution is 2.22. The van der Waals surface area contributed by atoms with Crippen molar-refractivity contribution in [3.05, 3.63) is 11.2 Å². The lowest BCUT2D eigenvalue weighted by Crippen LogP contribution is -2.10. The van der Waals surface area contributed by atoms with Gasteiger partial charge in [-0.3, -0.25) is 0 Å². The molecule has 0 unspecified atom stereocenters. The Hall–Kier alpha value is -1.17. The SMILES string of the molecule is CCNc1ncc(Cl)c(OCC(F)F)n1. The van der Waals surface area contributed by atoms with Gasteiger partial charge in [-0.2, -0.15) is 4.98 Å². The van der Waals surface area contributed by atoms with Crippen LogP contribution >= 0.6 is 11.6 Å². The number of halogens is 3. The summed E-state index contributed by atoms with van der Waals surface area (Å²) in [4.78, 5) is 7.66. The fraction of sp³-hybridized carbons (Fsp3) is 0.500. The summed E-state index contributed by atoms with van der Waals surface area (Å²) in [5.74, 6) is 0.258. The lowest BCUT2D eigenvalue weighted by molar-refractivity contribution is 0.0796. The molecule has 0 spiro atoms. The van der Waals surface area contributed by atoms with E-state index in [2.05, 4.69) is 15.3 Å². The molecule has 0 aromatic carbocycles. The highest BCUT2D eigenvalue weighted by molar-refractivity contribution is 6.31. The maximum Gasteiger partial charge on any atom is 0.272 e. The highest BCUT2D eigenvalue weighted by atomic mass is 35.5. The number of nitrogens with zero attached hydrogens (tertiary/aromatic N) is 2. The maximum atomic E-state index is 11.9. The second-order valence-corrected chi connectivity index (χ2v) is 2.99. The molecule has 1 N–H and O–H groups in total. The van der Waals surface area contributed by atoms with Gasteiger partial charge in [-0.05, 0) is 6.92 Å². The third-order valence-corrected chi connectivity index (χ3v) is 1.65. The number of aromatic nitrogens is 2. The molecule has 1 aromatic rings. The molecule has 15 heavy (non-hydrogen) atoms. The predicted octanol–water partition coefficient (Wildman–Crippen LogP) is 2.21. The summed E-state index contributed by atoms with van der Waals surface area (Å²) < 4.78 is 28.5. The summed E-state index contributed by atoms with van der Waals surface area (Å²) in [6, 6.07) is 0. The molecule has 0 aliphatic carbocycles. The summed E-state index contributed by atoms with van der Waals surface area (Å²) in [7, 11) is 0. The Morgan fingerprint density at radius 2 is 2.33 bits per heavy atom. The standard InChI is InChI=1S/C8H10ClF2N3O/c1-2-12-8-13-3-5(9)7(14-8)15-4-6(10)11/h3,6H,2,4H2,1H3,(H,12,13,14). The highest BCUT2D eigenvalue weighted by Gasteiger charge is 2.09. The smallest absolute Gasteiger partial charge is 0.272 e. The lowest BCUT2D eigenvalue weighted by Gasteiger charge is -2.07. The van der Waals surface area contributed by atoms with E-state index in [1.165, 1.54) is 6.20 Å². The topological polar surface area (TPSA) is 47.0 Å². The Morgan fingerprint density at radius 1 is 1.60 bits per heavy atom. The molecule has 1 aromatic heterocycles. The normalized spacial score (nSPS) is 10.5. The largest absolute Gasteiger partial charge is 0.470 e. The summed E-state index contributed by atoms with van der Waals surface area (Å²) in [5.41, 5.74) is 0. The molecule has 0 amide bonds. The van der Waals surface area contributed by atoms with Crippen molar-refractivity contribution in [1.82, 2.24) is 9.97 Å². The Labute approximate surface area is 90.6 Å². The van der Waals surface area contributed by atoms with Crippen LogP contribution in [0, 0.1) is 0 Å². The van der Waals surface area contributed by atoms with Crippen LogP contribution < -0.4 is 10.1 Å². The lowest BCUT2D eigenvalue weighted by atomic mass is 10.6. The number of nitrogens with one attached hydrogen (secondary N) is 1. The number of hydrogen-bond donors (Lipinski definition) is 1. The monoisotopic (exact) mass is 237 g/mol. The van der Waals surface area contributed by atoms with Crippen molar-refractivity contribution in [2.45, 2.75) is 13.3 Å². The fourth-order valence-corrected chi connectivity index (χ4v) is 0.984. The zero-order valence-corrected chi connectivity index (χ0v) is 8.76. The molecule has 0 atom stereocenters. The third-order valence-electron chi connectivity index (χ3n) is 1.39. The van der Waals surface area contributed by atoms with Crippen LogP contribution in [0.1, 0.15) is 6.92 Å². The van der Waals surface area contributed by atoms with E-state index in [0.29, 0.717) is 12.5 Å². The first-order chi connectivity index (χ1) is 7.13. The fourth-order valence-electron chi connectivity index (χ4n) is 0.838. The van der Waals surface area contributed by atoms with Gasteiger partial charge >= 0.3 is 0 Å². The molecule has 1 heterocycles. The maximum absolute atomic E-state index is 11.9. The number of rotatable bonds is 5. The van der Waals surface area contributed by atoms with Crippen LogP contribution in [0.15, 0.2) is 6.20 Å². The summed E-state index contributed by atoms with van der Waals surface area (Å²) in [5, 5.41) is 2.92. The molecule has 0 fully saturated rings.